The van der Waals surface area contributed by atoms with Gasteiger partial charge < -0.3 is 19.7 Å². The smallest absolute Gasteiger partial charge is 0.284 e. The number of anilines is 1. The molecule has 1 aromatic heterocycles. The molecular weight excluding hydrogens is 554 g/mol. The molecule has 1 heterocycles. The summed E-state index contributed by atoms with van der Waals surface area (Å²) in [6.45, 7) is 10.3. The Morgan fingerprint density at radius 3 is 2.15 bits per heavy atom. The first kappa shape index (κ1) is 30.6. The highest BCUT2D eigenvalue weighted by Crippen LogP contribution is 2.32. The van der Waals surface area contributed by atoms with Crippen LogP contribution in [-0.2, 0) is 6.42 Å². The van der Waals surface area contributed by atoms with Crippen molar-refractivity contribution in [3.63, 3.8) is 0 Å². The first-order chi connectivity index (χ1) is 20.0. The second kappa shape index (κ2) is 15.6. The Hall–Kier alpha value is -3.39. The summed E-state index contributed by atoms with van der Waals surface area (Å²) in [6.07, 6.45) is 3.95. The lowest BCUT2D eigenvalue weighted by molar-refractivity contribution is 0.102. The quantitative estimate of drug-likeness (QED) is 0.140. The fourth-order valence-corrected chi connectivity index (χ4v) is 5.48. The van der Waals surface area contributed by atoms with Crippen LogP contribution in [0.4, 0.5) is 5.69 Å². The maximum Gasteiger partial charge on any atom is 0.284 e. The first-order valence-corrected chi connectivity index (χ1v) is 15.5. The third kappa shape index (κ3) is 9.05. The topological polar surface area (TPSA) is 63.7 Å². The van der Waals surface area contributed by atoms with Crippen molar-refractivity contribution < 1.29 is 14.3 Å². The van der Waals surface area contributed by atoms with E-state index in [0.717, 1.165) is 73.0 Å². The molecule has 0 aliphatic rings. The summed E-state index contributed by atoms with van der Waals surface area (Å²) in [4.78, 5) is 21.4. The summed E-state index contributed by atoms with van der Waals surface area (Å²) in [7, 11) is 0. The van der Waals surface area contributed by atoms with Crippen LogP contribution in [0.15, 0.2) is 72.8 Å². The van der Waals surface area contributed by atoms with Crippen molar-refractivity contribution in [3.8, 4) is 28.5 Å². The molecule has 0 saturated heterocycles. The van der Waals surface area contributed by atoms with Crippen molar-refractivity contribution in [1.82, 2.24) is 9.88 Å². The van der Waals surface area contributed by atoms with E-state index in [2.05, 4.69) is 31.0 Å². The number of amides is 1. The van der Waals surface area contributed by atoms with Crippen molar-refractivity contribution in [2.24, 2.45) is 0 Å². The number of nitrogens with one attached hydrogen (secondary N) is 1. The number of nitrogens with zero attached hydrogens (tertiary/aromatic N) is 2. The minimum Gasteiger partial charge on any atom is -0.494 e. The molecule has 0 saturated carbocycles. The molecule has 1 N–H and O–H groups in total. The van der Waals surface area contributed by atoms with E-state index in [1.165, 1.54) is 11.3 Å². The lowest BCUT2D eigenvalue weighted by atomic mass is 10.1. The van der Waals surface area contributed by atoms with Crippen molar-refractivity contribution >= 4 is 34.5 Å². The molecule has 0 aliphatic carbocycles. The van der Waals surface area contributed by atoms with Crippen LogP contribution < -0.4 is 14.8 Å². The highest BCUT2D eigenvalue weighted by atomic mass is 35.5. The van der Waals surface area contributed by atoms with Gasteiger partial charge in [-0.15, -0.1) is 11.3 Å². The van der Waals surface area contributed by atoms with Crippen LogP contribution in [0.1, 0.15) is 54.7 Å². The average molecular weight is 592 g/mol. The first-order valence-electron chi connectivity index (χ1n) is 14.3. The van der Waals surface area contributed by atoms with E-state index in [0.29, 0.717) is 28.1 Å². The molecule has 0 spiro atoms. The molecule has 0 radical (unpaired) electrons. The lowest BCUT2D eigenvalue weighted by Gasteiger charge is -2.17. The van der Waals surface area contributed by atoms with Gasteiger partial charge in [0.2, 0.25) is 0 Å². The molecule has 4 aromatic rings. The molecule has 0 unspecified atom stereocenters. The van der Waals surface area contributed by atoms with Gasteiger partial charge >= 0.3 is 0 Å². The van der Waals surface area contributed by atoms with Crippen LogP contribution >= 0.6 is 22.9 Å². The van der Waals surface area contributed by atoms with Crippen LogP contribution in [0.2, 0.25) is 5.02 Å². The normalized spacial score (nSPS) is 11.0. The van der Waals surface area contributed by atoms with Crippen LogP contribution in [0.5, 0.6) is 17.2 Å². The SMILES string of the molecule is CCCCc1sc(C(=O)Nc2ccc(OCCCN(CC)CC)cc2)nc1-c1ccc(Oc2ccc(Cl)cc2)cc1. The number of hydrogen-bond acceptors (Lipinski definition) is 6. The maximum atomic E-state index is 13.2. The van der Waals surface area contributed by atoms with Gasteiger partial charge in [0.15, 0.2) is 5.01 Å². The maximum absolute atomic E-state index is 13.2. The van der Waals surface area contributed by atoms with Crippen LogP contribution in [-0.4, -0.2) is 42.0 Å². The molecule has 6 nitrogen and oxygen atoms in total. The molecule has 216 valence electrons. The molecule has 0 fully saturated rings. The Morgan fingerprint density at radius 2 is 1.51 bits per heavy atom. The van der Waals surface area contributed by atoms with E-state index < -0.39 is 0 Å². The Kier molecular flexibility index (Phi) is 11.6. The summed E-state index contributed by atoms with van der Waals surface area (Å²) in [5.41, 5.74) is 2.51. The lowest BCUT2D eigenvalue weighted by Crippen LogP contribution is -2.25. The second-order valence-corrected chi connectivity index (χ2v) is 11.2. The fourth-order valence-electron chi connectivity index (χ4n) is 4.34. The number of carbonyl (C=O) groups is 1. The highest BCUT2D eigenvalue weighted by Gasteiger charge is 2.18. The van der Waals surface area contributed by atoms with E-state index in [4.69, 9.17) is 26.1 Å². The van der Waals surface area contributed by atoms with Crippen molar-refractivity contribution in [2.75, 3.05) is 31.6 Å². The molecular formula is C33H38ClN3O3S. The number of ether oxygens (including phenoxy) is 2. The van der Waals surface area contributed by atoms with Crippen molar-refractivity contribution in [1.29, 1.82) is 0 Å². The molecule has 0 aliphatic heterocycles. The molecule has 0 bridgehead atoms. The molecule has 1 amide bonds. The van der Waals surface area contributed by atoms with Gasteiger partial charge in [-0.2, -0.15) is 0 Å². The number of aromatic nitrogens is 1. The Bertz CT molecular complexity index is 1370. The number of halogens is 1. The van der Waals surface area contributed by atoms with E-state index in [1.807, 2.05) is 60.7 Å². The number of carbonyl (C=O) groups excluding carboxylic acids is 1. The number of aryl methyl sites for hydroxylation is 1. The minimum atomic E-state index is -0.213. The largest absolute Gasteiger partial charge is 0.494 e. The standard InChI is InChI=1S/C33H38ClN3O3S/c1-4-7-9-30-31(24-10-16-28(17-11-24)40-29-18-12-25(34)13-19-29)36-33(41-30)32(38)35-26-14-20-27(21-15-26)39-23-8-22-37(5-2)6-3/h10-21H,4-9,22-23H2,1-3H3,(H,35,38). The third-order valence-electron chi connectivity index (χ3n) is 6.72. The van der Waals surface area contributed by atoms with Gasteiger partial charge in [-0.25, -0.2) is 4.98 Å². The van der Waals surface area contributed by atoms with Gasteiger partial charge in [-0.3, -0.25) is 4.79 Å². The summed E-state index contributed by atoms with van der Waals surface area (Å²) >= 11 is 7.43. The zero-order valence-electron chi connectivity index (χ0n) is 24.0. The van der Waals surface area contributed by atoms with E-state index in [9.17, 15) is 4.79 Å². The summed E-state index contributed by atoms with van der Waals surface area (Å²) < 4.78 is 11.8. The zero-order valence-corrected chi connectivity index (χ0v) is 25.6. The molecule has 8 heteroatoms. The van der Waals surface area contributed by atoms with Crippen molar-refractivity contribution in [2.45, 2.75) is 46.5 Å². The van der Waals surface area contributed by atoms with E-state index in [1.54, 1.807) is 12.1 Å². The molecule has 3 aromatic carbocycles. The van der Waals surface area contributed by atoms with Gasteiger partial charge in [0.25, 0.3) is 5.91 Å². The van der Waals surface area contributed by atoms with Gasteiger partial charge in [-0.05, 0) is 105 Å². The average Bonchev–Trinajstić information content (AvgIpc) is 3.43. The molecule has 41 heavy (non-hydrogen) atoms. The number of thiazole rings is 1. The number of benzene rings is 3. The van der Waals surface area contributed by atoms with Gasteiger partial charge in [0, 0.05) is 27.7 Å². The third-order valence-corrected chi connectivity index (χ3v) is 8.09. The Balaban J connectivity index is 1.39. The van der Waals surface area contributed by atoms with Gasteiger partial charge in [0.05, 0.1) is 12.3 Å². The Morgan fingerprint density at radius 1 is 0.878 bits per heavy atom. The zero-order chi connectivity index (χ0) is 29.0. The van der Waals surface area contributed by atoms with Crippen LogP contribution in [0.3, 0.4) is 0 Å². The van der Waals surface area contributed by atoms with Gasteiger partial charge in [0.1, 0.15) is 17.2 Å². The van der Waals surface area contributed by atoms with Crippen LogP contribution in [0, 0.1) is 0 Å². The monoisotopic (exact) mass is 591 g/mol. The number of unbranched alkanes of at least 4 members (excludes halogenated alkanes) is 1. The van der Waals surface area contributed by atoms with Crippen LogP contribution in [0.25, 0.3) is 11.3 Å². The highest BCUT2D eigenvalue weighted by molar-refractivity contribution is 7.14. The predicted molar refractivity (Wildman–Crippen MR) is 170 cm³/mol. The minimum absolute atomic E-state index is 0.213. The fraction of sp³-hybridized carbons (Fsp3) is 0.333. The second-order valence-electron chi connectivity index (χ2n) is 9.68. The number of rotatable bonds is 15. The molecule has 4 rings (SSSR count). The van der Waals surface area contributed by atoms with Gasteiger partial charge in [-0.1, -0.05) is 38.8 Å². The van der Waals surface area contributed by atoms with E-state index >= 15 is 0 Å². The summed E-state index contributed by atoms with van der Waals surface area (Å²) in [5, 5.41) is 4.10. The molecule has 0 atom stereocenters. The predicted octanol–water partition coefficient (Wildman–Crippen LogP) is 8.96. The van der Waals surface area contributed by atoms with E-state index in [-0.39, 0.29) is 5.91 Å². The summed E-state index contributed by atoms with van der Waals surface area (Å²) in [5.74, 6) is 2.02. The number of hydrogen-bond donors (Lipinski definition) is 1. The Labute approximate surface area is 252 Å². The summed E-state index contributed by atoms with van der Waals surface area (Å²) in [6, 6.07) is 22.6. The van der Waals surface area contributed by atoms with Crippen molar-refractivity contribution in [3.05, 3.63) is 87.7 Å².